The van der Waals surface area contributed by atoms with Crippen molar-refractivity contribution in [2.45, 2.75) is 33.2 Å². The Morgan fingerprint density at radius 3 is 2.67 bits per heavy atom. The van der Waals surface area contributed by atoms with Gasteiger partial charge in [0.2, 0.25) is 0 Å². The highest BCUT2D eigenvalue weighted by Gasteiger charge is 2.07. The zero-order valence-corrected chi connectivity index (χ0v) is 12.1. The maximum Gasteiger partial charge on any atom is 0.106 e. The molecule has 1 aromatic carbocycles. The molecule has 1 heterocycles. The molecule has 0 atom stereocenters. The molecule has 0 aliphatic heterocycles. The standard InChI is InChI=1S/C14H16Cl2N2/c1-3-4-7-18-9-14(17-10(18)2)11-5-6-12(15)13(16)8-11/h5-6,8-9H,3-4,7H2,1-2H3. The Morgan fingerprint density at radius 1 is 1.22 bits per heavy atom. The number of halogens is 2. The van der Waals surface area contributed by atoms with Crippen LogP contribution in [-0.2, 0) is 6.54 Å². The first-order valence-corrected chi connectivity index (χ1v) is 6.86. The molecule has 0 N–H and O–H groups in total. The molecule has 0 spiro atoms. The molecule has 0 unspecified atom stereocenters. The van der Waals surface area contributed by atoms with Gasteiger partial charge in [-0.3, -0.25) is 0 Å². The maximum absolute atomic E-state index is 6.03. The van der Waals surface area contributed by atoms with Gasteiger partial charge in [0.25, 0.3) is 0 Å². The van der Waals surface area contributed by atoms with Crippen LogP contribution in [0.1, 0.15) is 25.6 Å². The molecule has 0 saturated carbocycles. The monoisotopic (exact) mass is 282 g/mol. The van der Waals surface area contributed by atoms with Crippen molar-refractivity contribution < 1.29 is 0 Å². The van der Waals surface area contributed by atoms with E-state index in [-0.39, 0.29) is 0 Å². The van der Waals surface area contributed by atoms with E-state index in [0.717, 1.165) is 30.0 Å². The molecule has 96 valence electrons. The summed E-state index contributed by atoms with van der Waals surface area (Å²) in [6, 6.07) is 5.61. The fourth-order valence-electron chi connectivity index (χ4n) is 1.86. The van der Waals surface area contributed by atoms with Gasteiger partial charge >= 0.3 is 0 Å². The minimum absolute atomic E-state index is 0.565. The normalized spacial score (nSPS) is 10.9. The van der Waals surface area contributed by atoms with Crippen molar-refractivity contribution in [3.8, 4) is 11.3 Å². The Balaban J connectivity index is 2.30. The Kier molecular flexibility index (Phi) is 4.31. The van der Waals surface area contributed by atoms with Crippen LogP contribution in [0.5, 0.6) is 0 Å². The number of hydrogen-bond donors (Lipinski definition) is 0. The quantitative estimate of drug-likeness (QED) is 0.775. The molecule has 2 aromatic rings. The van der Waals surface area contributed by atoms with Gasteiger partial charge in [-0.25, -0.2) is 4.98 Å². The van der Waals surface area contributed by atoms with E-state index < -0.39 is 0 Å². The summed E-state index contributed by atoms with van der Waals surface area (Å²) < 4.78 is 2.18. The average Bonchev–Trinajstić information content (AvgIpc) is 2.72. The van der Waals surface area contributed by atoms with Gasteiger partial charge in [0, 0.05) is 18.3 Å². The smallest absolute Gasteiger partial charge is 0.106 e. The highest BCUT2D eigenvalue weighted by molar-refractivity contribution is 6.42. The van der Waals surface area contributed by atoms with Crippen LogP contribution in [0.25, 0.3) is 11.3 Å². The molecule has 0 fully saturated rings. The Morgan fingerprint density at radius 2 is 2.00 bits per heavy atom. The Hall–Kier alpha value is -0.990. The molecule has 0 saturated heterocycles. The summed E-state index contributed by atoms with van der Waals surface area (Å²) in [5, 5.41) is 1.14. The summed E-state index contributed by atoms with van der Waals surface area (Å²) >= 11 is 11.9. The lowest BCUT2D eigenvalue weighted by Gasteiger charge is -2.01. The second-order valence-electron chi connectivity index (χ2n) is 4.35. The minimum atomic E-state index is 0.565. The van der Waals surface area contributed by atoms with Crippen molar-refractivity contribution in [3.63, 3.8) is 0 Å². The van der Waals surface area contributed by atoms with E-state index in [1.54, 1.807) is 6.07 Å². The molecule has 0 amide bonds. The average molecular weight is 283 g/mol. The number of aromatic nitrogens is 2. The fraction of sp³-hybridized carbons (Fsp3) is 0.357. The number of nitrogens with zero attached hydrogens (tertiary/aromatic N) is 2. The topological polar surface area (TPSA) is 17.8 Å². The summed E-state index contributed by atoms with van der Waals surface area (Å²) in [5.74, 6) is 1.03. The van der Waals surface area contributed by atoms with Crippen LogP contribution in [0, 0.1) is 6.92 Å². The van der Waals surface area contributed by atoms with E-state index in [4.69, 9.17) is 23.2 Å². The number of unbranched alkanes of at least 4 members (excludes halogenated alkanes) is 1. The number of rotatable bonds is 4. The summed E-state index contributed by atoms with van der Waals surface area (Å²) in [6.07, 6.45) is 4.42. The van der Waals surface area contributed by atoms with Crippen LogP contribution in [0.3, 0.4) is 0 Å². The summed E-state index contributed by atoms with van der Waals surface area (Å²) in [6.45, 7) is 5.22. The molecule has 2 nitrogen and oxygen atoms in total. The summed E-state index contributed by atoms with van der Waals surface area (Å²) in [4.78, 5) is 4.57. The molecular weight excluding hydrogens is 267 g/mol. The molecule has 1 aromatic heterocycles. The second kappa shape index (κ2) is 5.77. The molecule has 0 aliphatic rings. The number of hydrogen-bond acceptors (Lipinski definition) is 1. The lowest BCUT2D eigenvalue weighted by Crippen LogP contribution is -1.97. The third-order valence-corrected chi connectivity index (χ3v) is 3.68. The predicted molar refractivity (Wildman–Crippen MR) is 77.3 cm³/mol. The van der Waals surface area contributed by atoms with Crippen LogP contribution in [-0.4, -0.2) is 9.55 Å². The van der Waals surface area contributed by atoms with Gasteiger partial charge in [0.15, 0.2) is 0 Å². The van der Waals surface area contributed by atoms with Crippen molar-refractivity contribution >= 4 is 23.2 Å². The van der Waals surface area contributed by atoms with Gasteiger partial charge in [-0.15, -0.1) is 0 Å². The molecular formula is C14H16Cl2N2. The van der Waals surface area contributed by atoms with Crippen molar-refractivity contribution in [2.75, 3.05) is 0 Å². The van der Waals surface area contributed by atoms with E-state index in [2.05, 4.69) is 22.7 Å². The third-order valence-electron chi connectivity index (χ3n) is 2.94. The van der Waals surface area contributed by atoms with Gasteiger partial charge < -0.3 is 4.57 Å². The van der Waals surface area contributed by atoms with Gasteiger partial charge in [-0.2, -0.15) is 0 Å². The zero-order valence-electron chi connectivity index (χ0n) is 10.6. The van der Waals surface area contributed by atoms with Crippen LogP contribution in [0.15, 0.2) is 24.4 Å². The largest absolute Gasteiger partial charge is 0.335 e. The van der Waals surface area contributed by atoms with Gasteiger partial charge in [0.1, 0.15) is 5.82 Å². The lowest BCUT2D eigenvalue weighted by atomic mass is 10.2. The van der Waals surface area contributed by atoms with Gasteiger partial charge in [-0.05, 0) is 25.5 Å². The SMILES string of the molecule is CCCCn1cc(-c2ccc(Cl)c(Cl)c2)nc1C. The van der Waals surface area contributed by atoms with Gasteiger partial charge in [-0.1, -0.05) is 42.6 Å². The van der Waals surface area contributed by atoms with Crippen LogP contribution in [0.2, 0.25) is 10.0 Å². The molecule has 18 heavy (non-hydrogen) atoms. The highest BCUT2D eigenvalue weighted by atomic mass is 35.5. The molecule has 0 aliphatic carbocycles. The van der Waals surface area contributed by atoms with E-state index in [1.807, 2.05) is 19.1 Å². The van der Waals surface area contributed by atoms with E-state index in [0.29, 0.717) is 10.0 Å². The number of imidazole rings is 1. The van der Waals surface area contributed by atoms with E-state index >= 15 is 0 Å². The first-order chi connectivity index (χ1) is 8.61. The Bertz CT molecular complexity index is 547. The van der Waals surface area contributed by atoms with Crippen LogP contribution in [0.4, 0.5) is 0 Å². The number of benzene rings is 1. The molecule has 2 rings (SSSR count). The minimum Gasteiger partial charge on any atom is -0.335 e. The van der Waals surface area contributed by atoms with Crippen molar-refractivity contribution in [1.82, 2.24) is 9.55 Å². The molecule has 0 radical (unpaired) electrons. The fourth-order valence-corrected chi connectivity index (χ4v) is 2.16. The predicted octanol–water partition coefficient (Wildman–Crippen LogP) is 4.97. The highest BCUT2D eigenvalue weighted by Crippen LogP contribution is 2.28. The van der Waals surface area contributed by atoms with Gasteiger partial charge in [0.05, 0.1) is 15.7 Å². The summed E-state index contributed by atoms with van der Waals surface area (Å²) in [5.41, 5.74) is 1.95. The van der Waals surface area contributed by atoms with Crippen molar-refractivity contribution in [3.05, 3.63) is 40.3 Å². The van der Waals surface area contributed by atoms with Crippen LogP contribution >= 0.6 is 23.2 Å². The third kappa shape index (κ3) is 2.88. The first kappa shape index (κ1) is 13.4. The zero-order chi connectivity index (χ0) is 13.1. The summed E-state index contributed by atoms with van der Waals surface area (Å²) in [7, 11) is 0. The van der Waals surface area contributed by atoms with Crippen LogP contribution < -0.4 is 0 Å². The van der Waals surface area contributed by atoms with Crippen molar-refractivity contribution in [2.24, 2.45) is 0 Å². The molecule has 4 heteroatoms. The van der Waals surface area contributed by atoms with Crippen molar-refractivity contribution in [1.29, 1.82) is 0 Å². The van der Waals surface area contributed by atoms with E-state index in [1.165, 1.54) is 6.42 Å². The van der Waals surface area contributed by atoms with E-state index in [9.17, 15) is 0 Å². The maximum atomic E-state index is 6.03. The lowest BCUT2D eigenvalue weighted by molar-refractivity contribution is 0.616. The number of aryl methyl sites for hydroxylation is 2. The second-order valence-corrected chi connectivity index (χ2v) is 5.16. The molecule has 0 bridgehead atoms. The Labute approximate surface area is 118 Å². The first-order valence-electron chi connectivity index (χ1n) is 6.11.